The SMILES string of the molecule is CC1=C(C(=O)Nc2ccccc2C)[C@H](c2ccc(C(C)C)cc2)n2nnnc2N1. The van der Waals surface area contributed by atoms with Crippen molar-refractivity contribution >= 4 is 17.5 Å². The van der Waals surface area contributed by atoms with Crippen molar-refractivity contribution in [1.82, 2.24) is 20.2 Å². The highest BCUT2D eigenvalue weighted by Gasteiger charge is 2.34. The Bertz CT molecular complexity index is 1080. The van der Waals surface area contributed by atoms with E-state index in [1.165, 1.54) is 5.56 Å². The van der Waals surface area contributed by atoms with Crippen LogP contribution in [0.5, 0.6) is 0 Å². The smallest absolute Gasteiger partial charge is 0.255 e. The standard InChI is InChI=1S/C22H24N6O/c1-13(2)16-9-11-17(12-10-16)20-19(15(4)23-22-25-26-27-28(20)22)21(29)24-18-8-6-5-7-14(18)3/h5-13,20H,1-4H3,(H,24,29)(H,23,25,27)/t20-/m0/s1. The molecule has 29 heavy (non-hydrogen) atoms. The van der Waals surface area contributed by atoms with E-state index in [9.17, 15) is 4.79 Å². The molecule has 148 valence electrons. The van der Waals surface area contributed by atoms with Gasteiger partial charge in [-0.05, 0) is 52.9 Å². The number of para-hydroxylation sites is 1. The summed E-state index contributed by atoms with van der Waals surface area (Å²) in [4.78, 5) is 13.3. The van der Waals surface area contributed by atoms with Crippen LogP contribution in [0.1, 0.15) is 49.4 Å². The lowest BCUT2D eigenvalue weighted by molar-refractivity contribution is -0.113. The van der Waals surface area contributed by atoms with E-state index >= 15 is 0 Å². The Labute approximate surface area is 169 Å². The molecule has 0 saturated heterocycles. The van der Waals surface area contributed by atoms with Crippen molar-refractivity contribution in [3.05, 3.63) is 76.5 Å². The number of fused-ring (bicyclic) bond motifs is 1. The molecule has 1 amide bonds. The van der Waals surface area contributed by atoms with E-state index < -0.39 is 6.04 Å². The molecule has 1 aliphatic rings. The number of tetrazole rings is 1. The van der Waals surface area contributed by atoms with Gasteiger partial charge in [-0.15, -0.1) is 0 Å². The summed E-state index contributed by atoms with van der Waals surface area (Å²) in [6.45, 7) is 8.16. The van der Waals surface area contributed by atoms with Crippen molar-refractivity contribution in [2.24, 2.45) is 0 Å². The van der Waals surface area contributed by atoms with Gasteiger partial charge in [0.1, 0.15) is 6.04 Å². The number of rotatable bonds is 4. The van der Waals surface area contributed by atoms with Gasteiger partial charge < -0.3 is 10.6 Å². The Morgan fingerprint density at radius 2 is 1.83 bits per heavy atom. The summed E-state index contributed by atoms with van der Waals surface area (Å²) >= 11 is 0. The first-order valence-electron chi connectivity index (χ1n) is 9.68. The highest BCUT2D eigenvalue weighted by Crippen LogP contribution is 2.35. The highest BCUT2D eigenvalue weighted by molar-refractivity contribution is 6.06. The van der Waals surface area contributed by atoms with Crippen molar-refractivity contribution in [2.75, 3.05) is 10.6 Å². The molecule has 0 saturated carbocycles. The maximum atomic E-state index is 13.3. The largest absolute Gasteiger partial charge is 0.326 e. The van der Waals surface area contributed by atoms with Crippen LogP contribution in [0.4, 0.5) is 11.6 Å². The van der Waals surface area contributed by atoms with Gasteiger partial charge in [-0.1, -0.05) is 61.4 Å². The fourth-order valence-corrected chi connectivity index (χ4v) is 3.58. The van der Waals surface area contributed by atoms with E-state index in [1.54, 1.807) is 4.68 Å². The summed E-state index contributed by atoms with van der Waals surface area (Å²) in [6, 6.07) is 15.6. The topological polar surface area (TPSA) is 84.7 Å². The van der Waals surface area contributed by atoms with Crippen molar-refractivity contribution in [2.45, 2.75) is 39.7 Å². The Hall–Kier alpha value is -3.48. The van der Waals surface area contributed by atoms with Crippen LogP contribution in [-0.4, -0.2) is 26.1 Å². The first-order valence-corrected chi connectivity index (χ1v) is 9.68. The summed E-state index contributed by atoms with van der Waals surface area (Å²) in [5.41, 5.74) is 5.31. The average Bonchev–Trinajstić information content (AvgIpc) is 3.16. The molecule has 0 radical (unpaired) electrons. The maximum absolute atomic E-state index is 13.3. The molecule has 1 aromatic heterocycles. The lowest BCUT2D eigenvalue weighted by Gasteiger charge is -2.28. The fraction of sp³-hybridized carbons (Fsp3) is 0.273. The molecule has 2 aromatic carbocycles. The Morgan fingerprint density at radius 3 is 2.52 bits per heavy atom. The molecule has 1 aliphatic heterocycles. The molecule has 0 bridgehead atoms. The molecule has 2 heterocycles. The molecule has 0 aliphatic carbocycles. The van der Waals surface area contributed by atoms with E-state index in [4.69, 9.17) is 0 Å². The summed E-state index contributed by atoms with van der Waals surface area (Å²) in [5, 5.41) is 18.2. The monoisotopic (exact) mass is 388 g/mol. The lowest BCUT2D eigenvalue weighted by Crippen LogP contribution is -2.31. The van der Waals surface area contributed by atoms with Crippen LogP contribution in [0, 0.1) is 6.92 Å². The predicted molar refractivity (Wildman–Crippen MR) is 113 cm³/mol. The van der Waals surface area contributed by atoms with E-state index in [0.717, 1.165) is 22.5 Å². The Kier molecular flexibility index (Phi) is 4.88. The van der Waals surface area contributed by atoms with Crippen LogP contribution >= 0.6 is 0 Å². The van der Waals surface area contributed by atoms with Crippen LogP contribution < -0.4 is 10.6 Å². The zero-order valence-electron chi connectivity index (χ0n) is 17.0. The number of nitrogens with one attached hydrogen (secondary N) is 2. The second kappa shape index (κ2) is 7.50. The number of carbonyl (C=O) groups excluding carboxylic acids is 1. The first-order chi connectivity index (χ1) is 14.0. The minimum atomic E-state index is -0.411. The average molecular weight is 388 g/mol. The van der Waals surface area contributed by atoms with E-state index in [1.807, 2.05) is 50.2 Å². The van der Waals surface area contributed by atoms with Crippen LogP contribution in [0.3, 0.4) is 0 Å². The van der Waals surface area contributed by atoms with Crippen molar-refractivity contribution in [1.29, 1.82) is 0 Å². The second-order valence-corrected chi connectivity index (χ2v) is 7.60. The summed E-state index contributed by atoms with van der Waals surface area (Å²) in [6.07, 6.45) is 0. The number of aryl methyl sites for hydroxylation is 1. The summed E-state index contributed by atoms with van der Waals surface area (Å²) < 4.78 is 1.66. The molecule has 4 rings (SSSR count). The third kappa shape index (κ3) is 3.51. The molecule has 2 N–H and O–H groups in total. The molecule has 3 aromatic rings. The lowest BCUT2D eigenvalue weighted by atomic mass is 9.92. The van der Waals surface area contributed by atoms with Crippen molar-refractivity contribution < 1.29 is 4.79 Å². The normalized spacial score (nSPS) is 15.8. The predicted octanol–water partition coefficient (Wildman–Crippen LogP) is 4.03. The quantitative estimate of drug-likeness (QED) is 0.705. The number of hydrogen-bond acceptors (Lipinski definition) is 5. The Balaban J connectivity index is 1.75. The molecule has 0 unspecified atom stereocenters. The molecule has 7 heteroatoms. The zero-order valence-corrected chi connectivity index (χ0v) is 17.0. The van der Waals surface area contributed by atoms with E-state index in [2.05, 4.69) is 52.1 Å². The van der Waals surface area contributed by atoms with E-state index in [0.29, 0.717) is 17.4 Å². The third-order valence-electron chi connectivity index (χ3n) is 5.27. The van der Waals surface area contributed by atoms with Gasteiger partial charge in [0, 0.05) is 11.4 Å². The number of aromatic nitrogens is 4. The van der Waals surface area contributed by atoms with Gasteiger partial charge in [-0.3, -0.25) is 4.79 Å². The van der Waals surface area contributed by atoms with Crippen LogP contribution in [0.15, 0.2) is 59.8 Å². The van der Waals surface area contributed by atoms with Crippen LogP contribution in [0.25, 0.3) is 0 Å². The van der Waals surface area contributed by atoms with Crippen LogP contribution in [0.2, 0.25) is 0 Å². The van der Waals surface area contributed by atoms with Crippen molar-refractivity contribution in [3.63, 3.8) is 0 Å². The first kappa shape index (κ1) is 18.9. The minimum absolute atomic E-state index is 0.177. The molecular formula is C22H24N6O. The summed E-state index contributed by atoms with van der Waals surface area (Å²) in [5.74, 6) is 0.776. The number of hydrogen-bond donors (Lipinski definition) is 2. The number of benzene rings is 2. The number of carbonyl (C=O) groups is 1. The van der Waals surface area contributed by atoms with Gasteiger partial charge in [-0.25, -0.2) is 0 Å². The van der Waals surface area contributed by atoms with Gasteiger partial charge in [-0.2, -0.15) is 4.68 Å². The molecule has 1 atom stereocenters. The molecule has 0 spiro atoms. The number of amides is 1. The minimum Gasteiger partial charge on any atom is -0.326 e. The van der Waals surface area contributed by atoms with Gasteiger partial charge in [0.25, 0.3) is 5.91 Å². The maximum Gasteiger partial charge on any atom is 0.255 e. The van der Waals surface area contributed by atoms with Crippen molar-refractivity contribution in [3.8, 4) is 0 Å². The number of anilines is 2. The number of nitrogens with zero attached hydrogens (tertiary/aromatic N) is 4. The fourth-order valence-electron chi connectivity index (χ4n) is 3.58. The van der Waals surface area contributed by atoms with Gasteiger partial charge >= 0.3 is 0 Å². The molecular weight excluding hydrogens is 364 g/mol. The second-order valence-electron chi connectivity index (χ2n) is 7.60. The van der Waals surface area contributed by atoms with E-state index in [-0.39, 0.29) is 5.91 Å². The summed E-state index contributed by atoms with van der Waals surface area (Å²) in [7, 11) is 0. The van der Waals surface area contributed by atoms with Gasteiger partial charge in [0.15, 0.2) is 0 Å². The highest BCUT2D eigenvalue weighted by atomic mass is 16.1. The Morgan fingerprint density at radius 1 is 1.10 bits per heavy atom. The molecule has 7 nitrogen and oxygen atoms in total. The van der Waals surface area contributed by atoms with Gasteiger partial charge in [0.2, 0.25) is 5.95 Å². The molecule has 0 fully saturated rings. The third-order valence-corrected chi connectivity index (χ3v) is 5.27. The van der Waals surface area contributed by atoms with Gasteiger partial charge in [0.05, 0.1) is 5.57 Å². The number of allylic oxidation sites excluding steroid dienone is 1. The van der Waals surface area contributed by atoms with Crippen LogP contribution in [-0.2, 0) is 4.79 Å². The zero-order chi connectivity index (χ0) is 20.5.